The Kier molecular flexibility index (Phi) is 5.06. The number of nitro benzene ring substituents is 1. The fraction of sp³-hybridized carbons (Fsp3) is 0.176. The molecule has 1 atom stereocenters. The molecule has 6 nitrogen and oxygen atoms in total. The van der Waals surface area contributed by atoms with E-state index in [0.29, 0.717) is 5.02 Å². The highest BCUT2D eigenvalue weighted by atomic mass is 35.5. The fourth-order valence-electron chi connectivity index (χ4n) is 2.39. The van der Waals surface area contributed by atoms with E-state index in [-0.39, 0.29) is 15.9 Å². The van der Waals surface area contributed by atoms with E-state index in [4.69, 9.17) is 11.6 Å². The monoisotopic (exact) mass is 374 g/mol. The van der Waals surface area contributed by atoms with Gasteiger partial charge in [-0.15, -0.1) is 10.2 Å². The molecule has 0 unspecified atom stereocenters. The SMILES string of the molecule is C[C@@H](Sc1nnc(-c2ccc(Cl)cc2)n1C)c1cccc([N+](=O)[O-])c1. The second-order valence-electron chi connectivity index (χ2n) is 5.48. The highest BCUT2D eigenvalue weighted by Gasteiger charge is 2.17. The molecule has 0 saturated carbocycles. The highest BCUT2D eigenvalue weighted by Crippen LogP contribution is 2.35. The Hall–Kier alpha value is -2.38. The van der Waals surface area contributed by atoms with Crippen LogP contribution in [0.3, 0.4) is 0 Å². The van der Waals surface area contributed by atoms with Crippen molar-refractivity contribution in [1.29, 1.82) is 0 Å². The van der Waals surface area contributed by atoms with E-state index in [1.807, 2.05) is 48.9 Å². The van der Waals surface area contributed by atoms with Gasteiger partial charge in [0.1, 0.15) is 0 Å². The van der Waals surface area contributed by atoms with Gasteiger partial charge in [0, 0.05) is 35.0 Å². The zero-order valence-corrected chi connectivity index (χ0v) is 15.2. The molecule has 0 amide bonds. The third kappa shape index (κ3) is 3.83. The minimum atomic E-state index is -0.387. The van der Waals surface area contributed by atoms with Crippen molar-refractivity contribution in [2.24, 2.45) is 7.05 Å². The van der Waals surface area contributed by atoms with Gasteiger partial charge in [-0.25, -0.2) is 0 Å². The van der Waals surface area contributed by atoms with E-state index in [9.17, 15) is 10.1 Å². The van der Waals surface area contributed by atoms with Crippen molar-refractivity contribution in [3.8, 4) is 11.4 Å². The lowest BCUT2D eigenvalue weighted by molar-refractivity contribution is -0.384. The van der Waals surface area contributed by atoms with Crippen LogP contribution in [0.15, 0.2) is 53.7 Å². The molecule has 0 fully saturated rings. The molecule has 25 heavy (non-hydrogen) atoms. The second-order valence-corrected chi connectivity index (χ2v) is 7.23. The van der Waals surface area contributed by atoms with Crippen LogP contribution >= 0.6 is 23.4 Å². The maximum absolute atomic E-state index is 10.9. The molecule has 0 aliphatic carbocycles. The molecule has 0 N–H and O–H groups in total. The van der Waals surface area contributed by atoms with Crippen LogP contribution in [0.25, 0.3) is 11.4 Å². The van der Waals surface area contributed by atoms with Crippen molar-refractivity contribution >= 4 is 29.1 Å². The van der Waals surface area contributed by atoms with E-state index >= 15 is 0 Å². The molecule has 3 rings (SSSR count). The predicted molar refractivity (Wildman–Crippen MR) is 98.8 cm³/mol. The van der Waals surface area contributed by atoms with Crippen LogP contribution in [-0.2, 0) is 7.05 Å². The van der Waals surface area contributed by atoms with E-state index in [1.54, 1.807) is 12.1 Å². The van der Waals surface area contributed by atoms with E-state index in [0.717, 1.165) is 22.1 Å². The number of nitro groups is 1. The zero-order chi connectivity index (χ0) is 18.0. The summed E-state index contributed by atoms with van der Waals surface area (Å²) in [5, 5.41) is 20.8. The van der Waals surface area contributed by atoms with Gasteiger partial charge in [-0.1, -0.05) is 35.5 Å². The number of thioether (sulfide) groups is 1. The molecule has 0 aliphatic heterocycles. The van der Waals surface area contributed by atoms with Crippen LogP contribution in [0.4, 0.5) is 5.69 Å². The number of hydrogen-bond acceptors (Lipinski definition) is 5. The summed E-state index contributed by atoms with van der Waals surface area (Å²) in [6.07, 6.45) is 0. The van der Waals surface area contributed by atoms with Gasteiger partial charge in [0.25, 0.3) is 5.69 Å². The molecule has 2 aromatic carbocycles. The number of hydrogen-bond donors (Lipinski definition) is 0. The first-order valence-electron chi connectivity index (χ1n) is 7.52. The summed E-state index contributed by atoms with van der Waals surface area (Å²) in [7, 11) is 1.90. The fourth-order valence-corrected chi connectivity index (χ4v) is 3.44. The van der Waals surface area contributed by atoms with Crippen molar-refractivity contribution in [2.45, 2.75) is 17.3 Å². The molecule has 0 saturated heterocycles. The molecule has 8 heteroatoms. The second kappa shape index (κ2) is 7.25. The Morgan fingerprint density at radius 3 is 2.60 bits per heavy atom. The largest absolute Gasteiger partial charge is 0.305 e. The van der Waals surface area contributed by atoms with Gasteiger partial charge in [-0.2, -0.15) is 0 Å². The Morgan fingerprint density at radius 2 is 1.92 bits per heavy atom. The van der Waals surface area contributed by atoms with Crippen molar-refractivity contribution in [3.05, 3.63) is 69.2 Å². The quantitative estimate of drug-likeness (QED) is 0.361. The zero-order valence-electron chi connectivity index (χ0n) is 13.6. The topological polar surface area (TPSA) is 73.8 Å². The molecule has 3 aromatic rings. The van der Waals surface area contributed by atoms with Gasteiger partial charge >= 0.3 is 0 Å². The lowest BCUT2D eigenvalue weighted by Gasteiger charge is -2.11. The molecule has 1 heterocycles. The smallest absolute Gasteiger partial charge is 0.269 e. The van der Waals surface area contributed by atoms with Crippen LogP contribution < -0.4 is 0 Å². The summed E-state index contributed by atoms with van der Waals surface area (Å²) < 4.78 is 1.90. The van der Waals surface area contributed by atoms with E-state index in [1.165, 1.54) is 17.8 Å². The van der Waals surface area contributed by atoms with Gasteiger partial charge in [0.05, 0.1) is 4.92 Å². The third-order valence-electron chi connectivity index (χ3n) is 3.77. The standard InChI is InChI=1S/C17H15ClN4O2S/c1-11(13-4-3-5-15(10-13)22(23)24)25-17-20-19-16(21(17)2)12-6-8-14(18)9-7-12/h3-11H,1-2H3/t11-/m1/s1. The summed E-state index contributed by atoms with van der Waals surface area (Å²) in [6, 6.07) is 14.1. The van der Waals surface area contributed by atoms with Crippen molar-refractivity contribution in [1.82, 2.24) is 14.8 Å². The maximum atomic E-state index is 10.9. The molecule has 0 spiro atoms. The molecule has 0 radical (unpaired) electrons. The molecule has 128 valence electrons. The first-order valence-corrected chi connectivity index (χ1v) is 8.78. The summed E-state index contributed by atoms with van der Waals surface area (Å²) in [5.41, 5.74) is 1.88. The maximum Gasteiger partial charge on any atom is 0.269 e. The number of halogens is 1. The van der Waals surface area contributed by atoms with Crippen LogP contribution in [-0.4, -0.2) is 19.7 Å². The van der Waals surface area contributed by atoms with Crippen molar-refractivity contribution < 1.29 is 4.92 Å². The summed E-state index contributed by atoms with van der Waals surface area (Å²) in [4.78, 5) is 10.5. The molecule has 1 aromatic heterocycles. The predicted octanol–water partition coefficient (Wildman–Crippen LogP) is 4.90. The Balaban J connectivity index is 1.83. The van der Waals surface area contributed by atoms with Gasteiger partial charge in [-0.05, 0) is 36.8 Å². The number of aromatic nitrogens is 3. The van der Waals surface area contributed by atoms with Crippen LogP contribution in [0.1, 0.15) is 17.7 Å². The molecule has 0 aliphatic rings. The van der Waals surface area contributed by atoms with Gasteiger partial charge < -0.3 is 4.57 Å². The van der Waals surface area contributed by atoms with Crippen molar-refractivity contribution in [3.63, 3.8) is 0 Å². The average Bonchev–Trinajstić information content (AvgIpc) is 2.96. The molecular weight excluding hydrogens is 360 g/mol. The molecular formula is C17H15ClN4O2S. The highest BCUT2D eigenvalue weighted by molar-refractivity contribution is 7.99. The Labute approximate surface area is 154 Å². The van der Waals surface area contributed by atoms with Crippen LogP contribution in [0.2, 0.25) is 5.02 Å². The average molecular weight is 375 g/mol. The third-order valence-corrected chi connectivity index (χ3v) is 5.21. The number of nitrogens with zero attached hydrogens (tertiary/aromatic N) is 4. The summed E-state index contributed by atoms with van der Waals surface area (Å²) >= 11 is 7.42. The van der Waals surface area contributed by atoms with E-state index in [2.05, 4.69) is 10.2 Å². The van der Waals surface area contributed by atoms with Gasteiger partial charge in [-0.3, -0.25) is 10.1 Å². The minimum Gasteiger partial charge on any atom is -0.305 e. The minimum absolute atomic E-state index is 0.000804. The van der Waals surface area contributed by atoms with Crippen molar-refractivity contribution in [2.75, 3.05) is 0 Å². The number of rotatable bonds is 5. The van der Waals surface area contributed by atoms with E-state index < -0.39 is 0 Å². The first kappa shape index (κ1) is 17.4. The first-order chi connectivity index (χ1) is 12.0. The van der Waals surface area contributed by atoms with Gasteiger partial charge in [0.2, 0.25) is 0 Å². The number of benzene rings is 2. The normalized spacial score (nSPS) is 12.1. The lowest BCUT2D eigenvalue weighted by Crippen LogP contribution is -1.97. The Morgan fingerprint density at radius 1 is 1.20 bits per heavy atom. The summed E-state index contributed by atoms with van der Waals surface area (Å²) in [5.74, 6) is 0.741. The van der Waals surface area contributed by atoms with Crippen LogP contribution in [0, 0.1) is 10.1 Å². The number of non-ortho nitro benzene ring substituents is 1. The molecule has 0 bridgehead atoms. The van der Waals surface area contributed by atoms with Gasteiger partial charge in [0.15, 0.2) is 11.0 Å². The van der Waals surface area contributed by atoms with Crippen LogP contribution in [0.5, 0.6) is 0 Å². The lowest BCUT2D eigenvalue weighted by atomic mass is 10.1. The summed E-state index contributed by atoms with van der Waals surface area (Å²) in [6.45, 7) is 1.99. The Bertz CT molecular complexity index is 911.